The highest BCUT2D eigenvalue weighted by molar-refractivity contribution is 7.80. The van der Waals surface area contributed by atoms with Crippen molar-refractivity contribution in [3.63, 3.8) is 0 Å². The Hall–Kier alpha value is -1.36. The average Bonchev–Trinajstić information content (AvgIpc) is 2.51. The largest absolute Gasteiger partial charge is 0.302 e. The molecule has 0 aliphatic heterocycles. The molecule has 2 rings (SSSR count). The molecule has 0 unspecified atom stereocenters. The van der Waals surface area contributed by atoms with Crippen molar-refractivity contribution in [1.29, 1.82) is 0 Å². The second kappa shape index (κ2) is 3.42. The minimum absolute atomic E-state index is 0.249. The molecule has 0 fully saturated rings. The molecule has 0 atom stereocenters. The number of benzene rings is 1. The SMILES string of the molecule is Fc1ccc(-n2cnc(S)c2)c(F)c1. The summed E-state index contributed by atoms with van der Waals surface area (Å²) >= 11 is 3.98. The van der Waals surface area contributed by atoms with E-state index in [-0.39, 0.29) is 5.69 Å². The van der Waals surface area contributed by atoms with Gasteiger partial charge in [0, 0.05) is 12.3 Å². The number of hydrogen-bond donors (Lipinski definition) is 1. The average molecular weight is 212 g/mol. The Morgan fingerprint density at radius 1 is 1.29 bits per heavy atom. The van der Waals surface area contributed by atoms with E-state index in [1.165, 1.54) is 23.0 Å². The van der Waals surface area contributed by atoms with Gasteiger partial charge in [-0.05, 0) is 12.1 Å². The van der Waals surface area contributed by atoms with Crippen molar-refractivity contribution in [1.82, 2.24) is 9.55 Å². The molecular weight excluding hydrogens is 206 g/mol. The van der Waals surface area contributed by atoms with Gasteiger partial charge in [-0.15, -0.1) is 12.6 Å². The molecule has 0 N–H and O–H groups in total. The van der Waals surface area contributed by atoms with E-state index in [9.17, 15) is 8.78 Å². The van der Waals surface area contributed by atoms with Crippen molar-refractivity contribution < 1.29 is 8.78 Å². The van der Waals surface area contributed by atoms with Gasteiger partial charge in [0.05, 0.1) is 5.69 Å². The topological polar surface area (TPSA) is 17.8 Å². The first kappa shape index (κ1) is 9.21. The molecule has 0 aliphatic carbocycles. The fraction of sp³-hybridized carbons (Fsp3) is 0. The van der Waals surface area contributed by atoms with Crippen LogP contribution in [0.4, 0.5) is 8.78 Å². The van der Waals surface area contributed by atoms with Crippen LogP contribution in [0.3, 0.4) is 0 Å². The van der Waals surface area contributed by atoms with E-state index in [0.717, 1.165) is 6.07 Å². The number of hydrogen-bond acceptors (Lipinski definition) is 2. The third-order valence-electron chi connectivity index (χ3n) is 1.76. The quantitative estimate of drug-likeness (QED) is 0.719. The Morgan fingerprint density at radius 3 is 2.64 bits per heavy atom. The minimum atomic E-state index is -0.629. The molecule has 14 heavy (non-hydrogen) atoms. The van der Waals surface area contributed by atoms with E-state index in [1.54, 1.807) is 6.20 Å². The molecule has 0 spiro atoms. The Kier molecular flexibility index (Phi) is 2.25. The summed E-state index contributed by atoms with van der Waals surface area (Å²) in [7, 11) is 0. The number of rotatable bonds is 1. The van der Waals surface area contributed by atoms with E-state index in [0.29, 0.717) is 5.03 Å². The molecule has 1 heterocycles. The first-order valence-corrected chi connectivity index (χ1v) is 4.30. The van der Waals surface area contributed by atoms with E-state index in [2.05, 4.69) is 17.6 Å². The highest BCUT2D eigenvalue weighted by Gasteiger charge is 2.05. The molecule has 2 nitrogen and oxygen atoms in total. The summed E-state index contributed by atoms with van der Waals surface area (Å²) in [5.41, 5.74) is 0.249. The minimum Gasteiger partial charge on any atom is -0.302 e. The Balaban J connectivity index is 2.52. The second-order valence-corrected chi connectivity index (χ2v) is 3.19. The zero-order chi connectivity index (χ0) is 10.1. The van der Waals surface area contributed by atoms with Crippen LogP contribution in [0.2, 0.25) is 0 Å². The van der Waals surface area contributed by atoms with Crippen LogP contribution < -0.4 is 0 Å². The van der Waals surface area contributed by atoms with Crippen molar-refractivity contribution in [3.05, 3.63) is 42.4 Å². The molecule has 5 heteroatoms. The monoisotopic (exact) mass is 212 g/mol. The van der Waals surface area contributed by atoms with Gasteiger partial charge in [-0.2, -0.15) is 0 Å². The number of nitrogens with zero attached hydrogens (tertiary/aromatic N) is 2. The maximum Gasteiger partial charge on any atom is 0.150 e. The molecule has 0 saturated heterocycles. The van der Waals surface area contributed by atoms with Crippen LogP contribution in [0, 0.1) is 11.6 Å². The van der Waals surface area contributed by atoms with E-state index < -0.39 is 11.6 Å². The fourth-order valence-corrected chi connectivity index (χ4v) is 1.31. The predicted molar refractivity (Wildman–Crippen MR) is 50.7 cm³/mol. The van der Waals surface area contributed by atoms with Gasteiger partial charge < -0.3 is 4.57 Å². The molecule has 0 saturated carbocycles. The Bertz CT molecular complexity index is 468. The van der Waals surface area contributed by atoms with E-state index in [4.69, 9.17) is 0 Å². The molecular formula is C9H6F2N2S. The lowest BCUT2D eigenvalue weighted by Crippen LogP contribution is -1.94. The van der Waals surface area contributed by atoms with Crippen LogP contribution in [-0.4, -0.2) is 9.55 Å². The molecule has 0 bridgehead atoms. The summed E-state index contributed by atoms with van der Waals surface area (Å²) in [6, 6.07) is 3.36. The third kappa shape index (κ3) is 1.63. The standard InChI is InChI=1S/C9H6F2N2S/c10-6-1-2-8(7(11)3-6)13-4-9(14)12-5-13/h1-5,14H. The van der Waals surface area contributed by atoms with E-state index >= 15 is 0 Å². The fourth-order valence-electron chi connectivity index (χ4n) is 1.13. The van der Waals surface area contributed by atoms with Crippen LogP contribution in [0.1, 0.15) is 0 Å². The van der Waals surface area contributed by atoms with Gasteiger partial charge in [0.2, 0.25) is 0 Å². The summed E-state index contributed by atoms with van der Waals surface area (Å²) in [6.07, 6.45) is 2.96. The summed E-state index contributed by atoms with van der Waals surface area (Å²) < 4.78 is 27.3. The van der Waals surface area contributed by atoms with E-state index in [1.807, 2.05) is 0 Å². The summed E-state index contributed by atoms with van der Waals surface area (Å²) in [6.45, 7) is 0. The first-order valence-electron chi connectivity index (χ1n) is 3.85. The maximum atomic E-state index is 13.2. The predicted octanol–water partition coefficient (Wildman–Crippen LogP) is 2.44. The van der Waals surface area contributed by atoms with Gasteiger partial charge in [-0.1, -0.05) is 0 Å². The molecule has 0 amide bonds. The Morgan fingerprint density at radius 2 is 2.07 bits per heavy atom. The van der Waals surface area contributed by atoms with Crippen LogP contribution in [0.25, 0.3) is 5.69 Å². The smallest absolute Gasteiger partial charge is 0.150 e. The zero-order valence-electron chi connectivity index (χ0n) is 6.98. The maximum absolute atomic E-state index is 13.2. The molecule has 1 aromatic carbocycles. The lowest BCUT2D eigenvalue weighted by molar-refractivity contribution is 0.577. The van der Waals surface area contributed by atoms with Crippen LogP contribution >= 0.6 is 12.6 Å². The summed E-state index contributed by atoms with van der Waals surface area (Å²) in [5.74, 6) is -1.23. The second-order valence-electron chi connectivity index (χ2n) is 2.73. The number of imidazole rings is 1. The molecule has 0 aliphatic rings. The van der Waals surface area contributed by atoms with Crippen molar-refractivity contribution >= 4 is 12.6 Å². The molecule has 72 valence electrons. The van der Waals surface area contributed by atoms with Gasteiger partial charge in [0.15, 0.2) is 0 Å². The molecule has 2 aromatic rings. The lowest BCUT2D eigenvalue weighted by Gasteiger charge is -2.02. The van der Waals surface area contributed by atoms with Gasteiger partial charge in [-0.3, -0.25) is 0 Å². The van der Waals surface area contributed by atoms with Crippen molar-refractivity contribution in [2.24, 2.45) is 0 Å². The van der Waals surface area contributed by atoms with Gasteiger partial charge in [0.25, 0.3) is 0 Å². The summed E-state index contributed by atoms with van der Waals surface area (Å²) in [4.78, 5) is 3.82. The van der Waals surface area contributed by atoms with Crippen LogP contribution in [0.5, 0.6) is 0 Å². The van der Waals surface area contributed by atoms with Crippen molar-refractivity contribution in [3.8, 4) is 5.69 Å². The highest BCUT2D eigenvalue weighted by Crippen LogP contribution is 2.15. The van der Waals surface area contributed by atoms with Gasteiger partial charge >= 0.3 is 0 Å². The van der Waals surface area contributed by atoms with Crippen molar-refractivity contribution in [2.45, 2.75) is 5.03 Å². The van der Waals surface area contributed by atoms with Crippen LogP contribution in [-0.2, 0) is 0 Å². The number of aromatic nitrogens is 2. The first-order chi connectivity index (χ1) is 6.66. The van der Waals surface area contributed by atoms with Gasteiger partial charge in [0.1, 0.15) is 23.0 Å². The third-order valence-corrected chi connectivity index (χ3v) is 1.99. The normalized spacial score (nSPS) is 10.5. The zero-order valence-corrected chi connectivity index (χ0v) is 7.88. The summed E-state index contributed by atoms with van der Waals surface area (Å²) in [5, 5.41) is 0.480. The molecule has 1 aromatic heterocycles. The lowest BCUT2D eigenvalue weighted by atomic mass is 10.3. The Labute approximate surface area is 84.6 Å². The van der Waals surface area contributed by atoms with Crippen molar-refractivity contribution in [2.75, 3.05) is 0 Å². The van der Waals surface area contributed by atoms with Gasteiger partial charge in [-0.25, -0.2) is 13.8 Å². The number of thiol groups is 1. The molecule has 0 radical (unpaired) electrons. The van der Waals surface area contributed by atoms with Crippen LogP contribution in [0.15, 0.2) is 35.7 Å². The number of halogens is 2. The highest BCUT2D eigenvalue weighted by atomic mass is 32.1.